The van der Waals surface area contributed by atoms with E-state index in [-0.39, 0.29) is 22.4 Å². The molecule has 0 unspecified atom stereocenters. The summed E-state index contributed by atoms with van der Waals surface area (Å²) in [6.07, 6.45) is 0. The van der Waals surface area contributed by atoms with Crippen LogP contribution < -0.4 is 10.3 Å². The van der Waals surface area contributed by atoms with E-state index in [9.17, 15) is 9.59 Å². The van der Waals surface area contributed by atoms with Gasteiger partial charge in [0.2, 0.25) is 0 Å². The lowest BCUT2D eigenvalue weighted by Gasteiger charge is -2.34. The number of aryl methyl sites for hydroxylation is 1. The Kier molecular flexibility index (Phi) is 6.83. The van der Waals surface area contributed by atoms with Gasteiger partial charge in [-0.2, -0.15) is 0 Å². The van der Waals surface area contributed by atoms with E-state index in [1.807, 2.05) is 39.0 Å². The second-order valence-electron chi connectivity index (χ2n) is 8.54. The van der Waals surface area contributed by atoms with Gasteiger partial charge in [-0.1, -0.05) is 44.5 Å². The quantitative estimate of drug-likeness (QED) is 0.785. The number of nitrogens with one attached hydrogen (secondary N) is 1. The van der Waals surface area contributed by atoms with Crippen molar-refractivity contribution in [3.05, 3.63) is 56.7 Å². The van der Waals surface area contributed by atoms with Gasteiger partial charge >= 0.3 is 0 Å². The van der Waals surface area contributed by atoms with Gasteiger partial charge in [0.05, 0.1) is 10.7 Å². The molecule has 0 atom stereocenters. The number of rotatable bonds is 5. The number of ether oxygens (including phenoxy) is 1. The van der Waals surface area contributed by atoms with Gasteiger partial charge in [0.15, 0.2) is 0 Å². The van der Waals surface area contributed by atoms with E-state index in [2.05, 4.69) is 14.9 Å². The highest BCUT2D eigenvalue weighted by Crippen LogP contribution is 2.23. The molecule has 1 aromatic carbocycles. The molecule has 1 fully saturated rings. The number of amides is 1. The van der Waals surface area contributed by atoms with Gasteiger partial charge in [-0.3, -0.25) is 14.5 Å². The summed E-state index contributed by atoms with van der Waals surface area (Å²) in [4.78, 5) is 36.7. The standard InChI is InChI=1S/C22H29ClN4O3/c1-15-18(19(28)25-21(24-15)22(2,3)4)20(29)27-11-9-26(10-12-27)13-14-30-17-8-6-5-7-16(17)23/h5-8H,9-14H2,1-4H3,(H,24,25,28). The van der Waals surface area contributed by atoms with E-state index in [4.69, 9.17) is 16.3 Å². The highest BCUT2D eigenvalue weighted by molar-refractivity contribution is 6.32. The Labute approximate surface area is 182 Å². The van der Waals surface area contributed by atoms with Crippen LogP contribution >= 0.6 is 11.6 Å². The van der Waals surface area contributed by atoms with Crippen molar-refractivity contribution in [2.75, 3.05) is 39.3 Å². The topological polar surface area (TPSA) is 78.5 Å². The number of piperazine rings is 1. The summed E-state index contributed by atoms with van der Waals surface area (Å²) in [5.74, 6) is 1.01. The van der Waals surface area contributed by atoms with Crippen LogP contribution in [0.4, 0.5) is 0 Å². The van der Waals surface area contributed by atoms with Gasteiger partial charge < -0.3 is 14.6 Å². The second kappa shape index (κ2) is 9.18. The third-order valence-electron chi connectivity index (χ3n) is 5.19. The molecule has 2 aromatic rings. The normalized spacial score (nSPS) is 15.3. The summed E-state index contributed by atoms with van der Waals surface area (Å²) in [6.45, 7) is 11.5. The smallest absolute Gasteiger partial charge is 0.264 e. The minimum absolute atomic E-state index is 0.138. The maximum Gasteiger partial charge on any atom is 0.264 e. The lowest BCUT2D eigenvalue weighted by atomic mass is 9.95. The van der Waals surface area contributed by atoms with Crippen molar-refractivity contribution in [2.24, 2.45) is 0 Å². The van der Waals surface area contributed by atoms with Crippen LogP contribution in [-0.2, 0) is 5.41 Å². The number of para-hydroxylation sites is 1. The maximum absolute atomic E-state index is 13.0. The zero-order valence-electron chi connectivity index (χ0n) is 18.0. The molecule has 2 heterocycles. The van der Waals surface area contributed by atoms with Crippen molar-refractivity contribution in [1.29, 1.82) is 0 Å². The Bertz CT molecular complexity index is 960. The highest BCUT2D eigenvalue weighted by Gasteiger charge is 2.27. The molecule has 0 saturated carbocycles. The molecule has 1 aliphatic heterocycles. The SMILES string of the molecule is Cc1nc(C(C)(C)C)[nH]c(=O)c1C(=O)N1CCN(CCOc2ccccc2Cl)CC1. The molecule has 1 aliphatic rings. The molecule has 162 valence electrons. The fourth-order valence-corrected chi connectivity index (χ4v) is 3.56. The van der Waals surface area contributed by atoms with Crippen molar-refractivity contribution in [2.45, 2.75) is 33.1 Å². The van der Waals surface area contributed by atoms with E-state index in [1.165, 1.54) is 0 Å². The number of hydrogen-bond acceptors (Lipinski definition) is 5. The second-order valence-corrected chi connectivity index (χ2v) is 8.94. The molecule has 7 nitrogen and oxygen atoms in total. The maximum atomic E-state index is 13.0. The summed E-state index contributed by atoms with van der Waals surface area (Å²) in [5, 5.41) is 0.597. The average Bonchev–Trinajstić information content (AvgIpc) is 2.68. The first-order chi connectivity index (χ1) is 14.2. The van der Waals surface area contributed by atoms with Crippen LogP contribution in [0.5, 0.6) is 5.75 Å². The van der Waals surface area contributed by atoms with Crippen LogP contribution in [0, 0.1) is 6.92 Å². The van der Waals surface area contributed by atoms with Crippen molar-refractivity contribution in [3.63, 3.8) is 0 Å². The third-order valence-corrected chi connectivity index (χ3v) is 5.50. The summed E-state index contributed by atoms with van der Waals surface area (Å²) >= 11 is 6.10. The Morgan fingerprint density at radius 3 is 2.47 bits per heavy atom. The first-order valence-corrected chi connectivity index (χ1v) is 10.5. The van der Waals surface area contributed by atoms with Crippen LogP contribution in [0.2, 0.25) is 5.02 Å². The summed E-state index contributed by atoms with van der Waals surface area (Å²) in [6, 6.07) is 7.40. The number of aromatic nitrogens is 2. The Hall–Kier alpha value is -2.38. The van der Waals surface area contributed by atoms with Gasteiger partial charge in [0, 0.05) is 38.1 Å². The fraction of sp³-hybridized carbons (Fsp3) is 0.500. The molecule has 1 N–H and O–H groups in total. The lowest BCUT2D eigenvalue weighted by Crippen LogP contribution is -2.50. The van der Waals surface area contributed by atoms with Crippen LogP contribution in [-0.4, -0.2) is 65.0 Å². The van der Waals surface area contributed by atoms with Crippen molar-refractivity contribution in [1.82, 2.24) is 19.8 Å². The molecule has 0 bridgehead atoms. The fourth-order valence-electron chi connectivity index (χ4n) is 3.37. The van der Waals surface area contributed by atoms with Crippen molar-refractivity contribution < 1.29 is 9.53 Å². The number of carbonyl (C=O) groups is 1. The lowest BCUT2D eigenvalue weighted by molar-refractivity contribution is 0.0617. The van der Waals surface area contributed by atoms with Crippen molar-refractivity contribution in [3.8, 4) is 5.75 Å². The Balaban J connectivity index is 1.55. The minimum atomic E-state index is -0.368. The van der Waals surface area contributed by atoms with Gasteiger partial charge in [-0.25, -0.2) is 4.98 Å². The van der Waals surface area contributed by atoms with E-state index >= 15 is 0 Å². The number of benzene rings is 1. The van der Waals surface area contributed by atoms with E-state index < -0.39 is 0 Å². The molecular weight excluding hydrogens is 404 g/mol. The number of hydrogen-bond donors (Lipinski definition) is 1. The zero-order valence-corrected chi connectivity index (χ0v) is 18.8. The van der Waals surface area contributed by atoms with Crippen LogP contribution in [0.3, 0.4) is 0 Å². The molecule has 0 radical (unpaired) electrons. The third kappa shape index (κ3) is 5.21. The number of nitrogens with zero attached hydrogens (tertiary/aromatic N) is 3. The molecular formula is C22H29ClN4O3. The van der Waals surface area contributed by atoms with Gasteiger partial charge in [-0.15, -0.1) is 0 Å². The van der Waals surface area contributed by atoms with E-state index in [0.29, 0.717) is 42.0 Å². The predicted molar refractivity (Wildman–Crippen MR) is 118 cm³/mol. The van der Waals surface area contributed by atoms with Crippen molar-refractivity contribution >= 4 is 17.5 Å². The molecule has 3 rings (SSSR count). The summed E-state index contributed by atoms with van der Waals surface area (Å²) < 4.78 is 5.75. The summed E-state index contributed by atoms with van der Waals surface area (Å²) in [5.41, 5.74) is -0.0425. The first kappa shape index (κ1) is 22.3. The molecule has 1 aromatic heterocycles. The molecule has 0 spiro atoms. The number of aromatic amines is 1. The van der Waals surface area contributed by atoms with Gasteiger partial charge in [0.25, 0.3) is 11.5 Å². The number of carbonyl (C=O) groups excluding carboxylic acids is 1. The average molecular weight is 433 g/mol. The summed E-state index contributed by atoms with van der Waals surface area (Å²) in [7, 11) is 0. The van der Waals surface area contributed by atoms with Gasteiger partial charge in [-0.05, 0) is 19.1 Å². The zero-order chi connectivity index (χ0) is 21.9. The van der Waals surface area contributed by atoms with E-state index in [1.54, 1.807) is 17.9 Å². The number of H-pyrrole nitrogens is 1. The first-order valence-electron chi connectivity index (χ1n) is 10.2. The van der Waals surface area contributed by atoms with E-state index in [0.717, 1.165) is 19.6 Å². The molecule has 1 amide bonds. The highest BCUT2D eigenvalue weighted by atomic mass is 35.5. The van der Waals surface area contributed by atoms with Crippen LogP contribution in [0.25, 0.3) is 0 Å². The Morgan fingerprint density at radius 1 is 1.20 bits per heavy atom. The predicted octanol–water partition coefficient (Wildman–Crippen LogP) is 2.87. The monoisotopic (exact) mass is 432 g/mol. The van der Waals surface area contributed by atoms with Gasteiger partial charge in [0.1, 0.15) is 23.7 Å². The molecule has 1 saturated heterocycles. The van der Waals surface area contributed by atoms with Crippen LogP contribution in [0.1, 0.15) is 42.6 Å². The Morgan fingerprint density at radius 2 is 1.87 bits per heavy atom. The molecule has 30 heavy (non-hydrogen) atoms. The largest absolute Gasteiger partial charge is 0.491 e. The minimum Gasteiger partial charge on any atom is -0.491 e. The van der Waals surface area contributed by atoms with Crippen LogP contribution in [0.15, 0.2) is 29.1 Å². The molecule has 8 heteroatoms. The number of halogens is 1. The molecule has 0 aliphatic carbocycles.